The summed E-state index contributed by atoms with van der Waals surface area (Å²) in [6, 6.07) is 6.19. The van der Waals surface area contributed by atoms with Crippen LogP contribution in [0.2, 0.25) is 5.15 Å². The van der Waals surface area contributed by atoms with Crippen molar-refractivity contribution in [2.75, 3.05) is 6.54 Å². The lowest BCUT2D eigenvalue weighted by Gasteiger charge is -2.05. The van der Waals surface area contributed by atoms with Crippen LogP contribution in [0.15, 0.2) is 30.5 Å². The minimum Gasteiger partial charge on any atom is -0.311 e. The van der Waals surface area contributed by atoms with Gasteiger partial charge in [0.15, 0.2) is 5.15 Å². The van der Waals surface area contributed by atoms with Gasteiger partial charge in [0.05, 0.1) is 5.69 Å². The van der Waals surface area contributed by atoms with Gasteiger partial charge in [-0.3, -0.25) is 4.40 Å². The largest absolute Gasteiger partial charge is 0.311 e. The van der Waals surface area contributed by atoms with E-state index in [9.17, 15) is 0 Å². The Morgan fingerprint density at radius 2 is 2.35 bits per heavy atom. The molecule has 0 fully saturated rings. The number of imidazole rings is 1. The van der Waals surface area contributed by atoms with Gasteiger partial charge in [-0.05, 0) is 31.7 Å². The normalized spacial score (nSPS) is 13.6. The van der Waals surface area contributed by atoms with E-state index in [1.807, 2.05) is 34.9 Å². The van der Waals surface area contributed by atoms with Crippen molar-refractivity contribution in [2.24, 2.45) is 0 Å². The van der Waals surface area contributed by atoms with E-state index in [1.54, 1.807) is 0 Å². The summed E-state index contributed by atoms with van der Waals surface area (Å²) >= 11 is 6.12. The molecule has 4 heteroatoms. The maximum Gasteiger partial charge on any atom is 0.155 e. The predicted octanol–water partition coefficient (Wildman–Crippen LogP) is 3.00. The van der Waals surface area contributed by atoms with Crippen LogP contribution in [-0.2, 0) is 0 Å². The lowest BCUT2D eigenvalue weighted by Crippen LogP contribution is -2.22. The number of hydrogen-bond donors (Lipinski definition) is 1. The molecule has 0 amide bonds. The van der Waals surface area contributed by atoms with E-state index in [2.05, 4.69) is 30.2 Å². The van der Waals surface area contributed by atoms with E-state index in [-0.39, 0.29) is 0 Å². The lowest BCUT2D eigenvalue weighted by molar-refractivity contribution is 0.662. The molecule has 1 atom stereocenters. The molecule has 0 aromatic carbocycles. The van der Waals surface area contributed by atoms with Crippen molar-refractivity contribution in [3.63, 3.8) is 0 Å². The second-order valence-corrected chi connectivity index (χ2v) is 4.28. The van der Waals surface area contributed by atoms with Gasteiger partial charge in [0.2, 0.25) is 0 Å². The molecule has 3 nitrogen and oxygen atoms in total. The van der Waals surface area contributed by atoms with Gasteiger partial charge in [0, 0.05) is 12.2 Å². The highest BCUT2D eigenvalue weighted by atomic mass is 35.5. The molecule has 2 aromatic rings. The molecule has 90 valence electrons. The van der Waals surface area contributed by atoms with Gasteiger partial charge >= 0.3 is 0 Å². The van der Waals surface area contributed by atoms with E-state index in [0.29, 0.717) is 11.2 Å². The molecule has 2 heterocycles. The standard InChI is InChI=1S/C13H16ClN3/c1-3-15-10(2)7-8-11-13(14)16-12-6-4-5-9-17(11)12/h4-10,15H,3H2,1-2H3/b8-7+. The molecule has 1 N–H and O–H groups in total. The van der Waals surface area contributed by atoms with Crippen molar-refractivity contribution in [3.05, 3.63) is 41.3 Å². The van der Waals surface area contributed by atoms with Gasteiger partial charge in [-0.2, -0.15) is 0 Å². The Morgan fingerprint density at radius 3 is 3.12 bits per heavy atom. The van der Waals surface area contributed by atoms with E-state index >= 15 is 0 Å². The highest BCUT2D eigenvalue weighted by Crippen LogP contribution is 2.18. The third-order valence-corrected chi connectivity index (χ3v) is 2.87. The SMILES string of the molecule is CCNC(C)/C=C/c1c(Cl)nc2ccccn12. The van der Waals surface area contributed by atoms with Crippen molar-refractivity contribution < 1.29 is 0 Å². The molecule has 0 radical (unpaired) electrons. The fourth-order valence-corrected chi connectivity index (χ4v) is 2.00. The quantitative estimate of drug-likeness (QED) is 0.903. The number of halogens is 1. The minimum atomic E-state index is 0.324. The van der Waals surface area contributed by atoms with Crippen molar-refractivity contribution >= 4 is 23.3 Å². The topological polar surface area (TPSA) is 29.3 Å². The molecule has 17 heavy (non-hydrogen) atoms. The van der Waals surface area contributed by atoms with E-state index in [1.165, 1.54) is 0 Å². The molecule has 0 bridgehead atoms. The molecule has 0 saturated carbocycles. The first kappa shape index (κ1) is 12.1. The van der Waals surface area contributed by atoms with Crippen LogP contribution in [0.5, 0.6) is 0 Å². The maximum atomic E-state index is 6.12. The second kappa shape index (κ2) is 5.34. The third kappa shape index (κ3) is 2.68. The Labute approximate surface area is 106 Å². The maximum absolute atomic E-state index is 6.12. The Hall–Kier alpha value is -1.32. The first-order chi connectivity index (χ1) is 8.22. The highest BCUT2D eigenvalue weighted by Gasteiger charge is 2.06. The van der Waals surface area contributed by atoms with Crippen molar-refractivity contribution in [1.82, 2.24) is 14.7 Å². The van der Waals surface area contributed by atoms with Gasteiger partial charge in [0.25, 0.3) is 0 Å². The van der Waals surface area contributed by atoms with Crippen LogP contribution in [-0.4, -0.2) is 22.0 Å². The lowest BCUT2D eigenvalue weighted by atomic mass is 10.3. The highest BCUT2D eigenvalue weighted by molar-refractivity contribution is 6.31. The fourth-order valence-electron chi connectivity index (χ4n) is 1.76. The van der Waals surface area contributed by atoms with Crippen LogP contribution >= 0.6 is 11.6 Å². The zero-order valence-corrected chi connectivity index (χ0v) is 10.8. The van der Waals surface area contributed by atoms with Gasteiger partial charge in [-0.1, -0.05) is 30.7 Å². The summed E-state index contributed by atoms with van der Waals surface area (Å²) in [6.07, 6.45) is 6.06. The Bertz CT molecular complexity index is 530. The average Bonchev–Trinajstić information content (AvgIpc) is 2.62. The Balaban J connectivity index is 2.32. The predicted molar refractivity (Wildman–Crippen MR) is 72.4 cm³/mol. The number of fused-ring (bicyclic) bond motifs is 1. The van der Waals surface area contributed by atoms with Crippen molar-refractivity contribution in [1.29, 1.82) is 0 Å². The van der Waals surface area contributed by atoms with Crippen LogP contribution < -0.4 is 5.32 Å². The smallest absolute Gasteiger partial charge is 0.155 e. The molecule has 2 rings (SSSR count). The number of nitrogens with zero attached hydrogens (tertiary/aromatic N) is 2. The van der Waals surface area contributed by atoms with Crippen molar-refractivity contribution in [3.8, 4) is 0 Å². The Morgan fingerprint density at radius 1 is 1.53 bits per heavy atom. The number of pyridine rings is 1. The molecule has 0 spiro atoms. The van der Waals surface area contributed by atoms with Crippen LogP contribution in [0.3, 0.4) is 0 Å². The summed E-state index contributed by atoms with van der Waals surface area (Å²) in [5, 5.41) is 3.85. The monoisotopic (exact) mass is 249 g/mol. The number of hydrogen-bond acceptors (Lipinski definition) is 2. The van der Waals surface area contributed by atoms with Crippen molar-refractivity contribution in [2.45, 2.75) is 19.9 Å². The van der Waals surface area contributed by atoms with Gasteiger partial charge in [0.1, 0.15) is 5.65 Å². The Kier molecular flexibility index (Phi) is 3.82. The third-order valence-electron chi connectivity index (χ3n) is 2.59. The molecular weight excluding hydrogens is 234 g/mol. The summed E-state index contributed by atoms with van der Waals surface area (Å²) in [4.78, 5) is 4.29. The summed E-state index contributed by atoms with van der Waals surface area (Å²) in [6.45, 7) is 5.15. The molecule has 2 aromatic heterocycles. The number of nitrogens with one attached hydrogen (secondary N) is 1. The second-order valence-electron chi connectivity index (χ2n) is 3.92. The molecule has 0 saturated heterocycles. The molecular formula is C13H16ClN3. The summed E-state index contributed by atoms with van der Waals surface area (Å²) in [7, 11) is 0. The zero-order chi connectivity index (χ0) is 12.3. The molecule has 0 aliphatic carbocycles. The van der Waals surface area contributed by atoms with E-state index in [4.69, 9.17) is 11.6 Å². The van der Waals surface area contributed by atoms with Crippen LogP contribution in [0.4, 0.5) is 0 Å². The minimum absolute atomic E-state index is 0.324. The van der Waals surface area contributed by atoms with E-state index in [0.717, 1.165) is 17.9 Å². The van der Waals surface area contributed by atoms with Crippen LogP contribution in [0, 0.1) is 0 Å². The first-order valence-corrected chi connectivity index (χ1v) is 6.14. The van der Waals surface area contributed by atoms with Crippen LogP contribution in [0.1, 0.15) is 19.5 Å². The van der Waals surface area contributed by atoms with Gasteiger partial charge < -0.3 is 5.32 Å². The van der Waals surface area contributed by atoms with Crippen LogP contribution in [0.25, 0.3) is 11.7 Å². The number of aromatic nitrogens is 2. The summed E-state index contributed by atoms with van der Waals surface area (Å²) < 4.78 is 1.98. The average molecular weight is 250 g/mol. The number of likely N-dealkylation sites (N-methyl/N-ethyl adjacent to an activating group) is 1. The zero-order valence-electron chi connectivity index (χ0n) is 10.0. The molecule has 0 aliphatic heterocycles. The molecule has 1 unspecified atom stereocenters. The first-order valence-electron chi connectivity index (χ1n) is 5.76. The summed E-state index contributed by atoms with van der Waals surface area (Å²) in [5.74, 6) is 0. The molecule has 0 aliphatic rings. The fraction of sp³-hybridized carbons (Fsp3) is 0.308. The van der Waals surface area contributed by atoms with Gasteiger partial charge in [-0.25, -0.2) is 4.98 Å². The van der Waals surface area contributed by atoms with E-state index < -0.39 is 0 Å². The summed E-state index contributed by atoms with van der Waals surface area (Å²) in [5.41, 5.74) is 1.79. The number of rotatable bonds is 4. The van der Waals surface area contributed by atoms with Gasteiger partial charge in [-0.15, -0.1) is 0 Å².